The number of rotatable bonds is 3. The highest BCUT2D eigenvalue weighted by Crippen LogP contribution is 2.15. The summed E-state index contributed by atoms with van der Waals surface area (Å²) >= 11 is 1.67. The molecule has 0 heterocycles. The number of methoxy groups -OCH3 is 1. The van der Waals surface area contributed by atoms with Gasteiger partial charge >= 0.3 is 5.97 Å². The van der Waals surface area contributed by atoms with Gasteiger partial charge in [0.15, 0.2) is 0 Å². The first kappa shape index (κ1) is 10.1. The minimum Gasteiger partial charge on any atom is -0.469 e. The van der Waals surface area contributed by atoms with E-state index in [-0.39, 0.29) is 5.97 Å². The van der Waals surface area contributed by atoms with Crippen LogP contribution in [0.25, 0.3) is 0 Å². The summed E-state index contributed by atoms with van der Waals surface area (Å²) in [5.74, 6) is -0.322. The predicted molar refractivity (Wildman–Crippen MR) is 53.6 cm³/mol. The lowest BCUT2D eigenvalue weighted by Gasteiger charge is -2.00. The van der Waals surface area contributed by atoms with Crippen LogP contribution in [0.1, 0.15) is 5.56 Å². The van der Waals surface area contributed by atoms with E-state index in [4.69, 9.17) is 0 Å². The molecule has 1 aromatic carbocycles. The van der Waals surface area contributed by atoms with Gasteiger partial charge in [-0.15, -0.1) is 11.8 Å². The van der Waals surface area contributed by atoms with Crippen molar-refractivity contribution in [2.75, 3.05) is 13.4 Å². The number of esters is 1. The molecule has 0 spiro atoms. The molecule has 0 aromatic heterocycles. The molecule has 0 saturated heterocycles. The number of hydrogen-bond acceptors (Lipinski definition) is 3. The molecule has 0 bridgehead atoms. The molecule has 0 aliphatic rings. The SMILES string of the molecule is COC(=O)[CH]c1ccc(SC)cc1. The van der Waals surface area contributed by atoms with Crippen molar-refractivity contribution in [2.24, 2.45) is 0 Å². The molecule has 0 amide bonds. The number of thioether (sulfide) groups is 1. The second-order valence-electron chi connectivity index (χ2n) is 2.44. The van der Waals surface area contributed by atoms with Crippen molar-refractivity contribution < 1.29 is 9.53 Å². The molecule has 0 N–H and O–H groups in total. The fourth-order valence-corrected chi connectivity index (χ4v) is 1.30. The number of hydrogen-bond donors (Lipinski definition) is 0. The number of benzene rings is 1. The van der Waals surface area contributed by atoms with Gasteiger partial charge in [-0.05, 0) is 24.0 Å². The standard InChI is InChI=1S/C10H11O2S/c1-12-10(11)7-8-3-5-9(13-2)6-4-8/h3-7H,1-2H3. The zero-order valence-electron chi connectivity index (χ0n) is 7.61. The first-order valence-electron chi connectivity index (χ1n) is 3.83. The van der Waals surface area contributed by atoms with E-state index in [0.717, 1.165) is 5.56 Å². The summed E-state index contributed by atoms with van der Waals surface area (Å²) in [6, 6.07) is 7.73. The van der Waals surface area contributed by atoms with Crippen LogP contribution >= 0.6 is 11.8 Å². The van der Waals surface area contributed by atoms with E-state index in [0.29, 0.717) is 0 Å². The maximum Gasteiger partial charge on any atom is 0.314 e. The lowest BCUT2D eigenvalue weighted by Crippen LogP contribution is -2.01. The summed E-state index contributed by atoms with van der Waals surface area (Å²) in [7, 11) is 1.37. The van der Waals surface area contributed by atoms with E-state index in [2.05, 4.69) is 4.74 Å². The highest BCUT2D eigenvalue weighted by Gasteiger charge is 2.02. The van der Waals surface area contributed by atoms with Crippen LogP contribution in [0.2, 0.25) is 0 Å². The van der Waals surface area contributed by atoms with Crippen LogP contribution in [0.15, 0.2) is 29.2 Å². The van der Waals surface area contributed by atoms with Gasteiger partial charge in [-0.1, -0.05) is 12.1 Å². The van der Waals surface area contributed by atoms with E-state index in [1.165, 1.54) is 18.4 Å². The summed E-state index contributed by atoms with van der Waals surface area (Å²) in [5, 5.41) is 0. The van der Waals surface area contributed by atoms with Crippen molar-refractivity contribution in [3.8, 4) is 0 Å². The van der Waals surface area contributed by atoms with Crippen LogP contribution in [-0.4, -0.2) is 19.3 Å². The number of carbonyl (C=O) groups excluding carboxylic acids is 1. The Morgan fingerprint density at radius 2 is 2.00 bits per heavy atom. The van der Waals surface area contributed by atoms with Gasteiger partial charge in [0.25, 0.3) is 0 Å². The van der Waals surface area contributed by atoms with Gasteiger partial charge in [-0.2, -0.15) is 0 Å². The topological polar surface area (TPSA) is 26.3 Å². The Balaban J connectivity index is 2.64. The van der Waals surface area contributed by atoms with Crippen molar-refractivity contribution in [2.45, 2.75) is 4.90 Å². The van der Waals surface area contributed by atoms with Crippen molar-refractivity contribution in [1.82, 2.24) is 0 Å². The fourth-order valence-electron chi connectivity index (χ4n) is 0.895. The van der Waals surface area contributed by atoms with Gasteiger partial charge in [-0.3, -0.25) is 4.79 Å². The lowest BCUT2D eigenvalue weighted by atomic mass is 10.2. The molecule has 0 saturated carbocycles. The molecule has 1 aromatic rings. The molecule has 1 radical (unpaired) electrons. The van der Waals surface area contributed by atoms with E-state index < -0.39 is 0 Å². The summed E-state index contributed by atoms with van der Waals surface area (Å²) in [6.45, 7) is 0. The van der Waals surface area contributed by atoms with Gasteiger partial charge in [0.05, 0.1) is 13.5 Å². The summed E-state index contributed by atoms with van der Waals surface area (Å²) < 4.78 is 4.51. The molecule has 2 nitrogen and oxygen atoms in total. The van der Waals surface area contributed by atoms with E-state index in [1.54, 1.807) is 11.8 Å². The first-order valence-corrected chi connectivity index (χ1v) is 5.05. The predicted octanol–water partition coefficient (Wildman–Crippen LogP) is 2.13. The number of ether oxygens (including phenoxy) is 1. The molecule has 0 aliphatic carbocycles. The van der Waals surface area contributed by atoms with Crippen molar-refractivity contribution >= 4 is 17.7 Å². The van der Waals surface area contributed by atoms with Crippen LogP contribution < -0.4 is 0 Å². The highest BCUT2D eigenvalue weighted by atomic mass is 32.2. The molecule has 0 atom stereocenters. The van der Waals surface area contributed by atoms with Crippen LogP contribution in [-0.2, 0) is 9.53 Å². The molecular formula is C10H11O2S. The molecule has 3 heteroatoms. The molecule has 0 aliphatic heterocycles. The minimum absolute atomic E-state index is 0.322. The Labute approximate surface area is 82.3 Å². The van der Waals surface area contributed by atoms with Crippen LogP contribution in [0.4, 0.5) is 0 Å². The van der Waals surface area contributed by atoms with Gasteiger partial charge in [-0.25, -0.2) is 0 Å². The minimum atomic E-state index is -0.322. The molecule has 13 heavy (non-hydrogen) atoms. The van der Waals surface area contributed by atoms with Crippen molar-refractivity contribution in [3.05, 3.63) is 36.2 Å². The molecule has 0 unspecified atom stereocenters. The molecule has 1 rings (SSSR count). The quantitative estimate of drug-likeness (QED) is 0.546. The summed E-state index contributed by atoms with van der Waals surface area (Å²) in [4.78, 5) is 12.0. The molecule has 0 fully saturated rings. The average Bonchev–Trinajstić information content (AvgIpc) is 2.19. The van der Waals surface area contributed by atoms with Crippen LogP contribution in [0.5, 0.6) is 0 Å². The van der Waals surface area contributed by atoms with Crippen LogP contribution in [0.3, 0.4) is 0 Å². The van der Waals surface area contributed by atoms with E-state index in [9.17, 15) is 4.79 Å². The Hall–Kier alpha value is -0.960. The largest absolute Gasteiger partial charge is 0.469 e. The van der Waals surface area contributed by atoms with Crippen molar-refractivity contribution in [3.63, 3.8) is 0 Å². The van der Waals surface area contributed by atoms with Gasteiger partial charge in [0, 0.05) is 4.90 Å². The second kappa shape index (κ2) is 4.92. The summed E-state index contributed by atoms with van der Waals surface area (Å²) in [5.41, 5.74) is 0.865. The third kappa shape index (κ3) is 3.11. The maximum atomic E-state index is 10.9. The zero-order valence-corrected chi connectivity index (χ0v) is 8.43. The fraction of sp³-hybridized carbons (Fsp3) is 0.200. The van der Waals surface area contributed by atoms with Gasteiger partial charge < -0.3 is 4.74 Å². The van der Waals surface area contributed by atoms with Gasteiger partial charge in [0.2, 0.25) is 0 Å². The normalized spacial score (nSPS) is 9.69. The molecular weight excluding hydrogens is 184 g/mol. The van der Waals surface area contributed by atoms with Crippen LogP contribution in [0, 0.1) is 6.42 Å². The van der Waals surface area contributed by atoms with Gasteiger partial charge in [0.1, 0.15) is 0 Å². The average molecular weight is 195 g/mol. The van der Waals surface area contributed by atoms with E-state index >= 15 is 0 Å². The monoisotopic (exact) mass is 195 g/mol. The second-order valence-corrected chi connectivity index (χ2v) is 3.32. The Morgan fingerprint density at radius 3 is 2.46 bits per heavy atom. The summed E-state index contributed by atoms with van der Waals surface area (Å²) in [6.07, 6.45) is 3.48. The Kier molecular flexibility index (Phi) is 3.83. The smallest absolute Gasteiger partial charge is 0.314 e. The lowest BCUT2D eigenvalue weighted by molar-refractivity contribution is -0.136. The third-order valence-electron chi connectivity index (χ3n) is 1.60. The Bertz CT molecular complexity index is 279. The third-order valence-corrected chi connectivity index (χ3v) is 2.35. The highest BCUT2D eigenvalue weighted by molar-refractivity contribution is 7.98. The molecule has 69 valence electrons. The van der Waals surface area contributed by atoms with Crippen molar-refractivity contribution in [1.29, 1.82) is 0 Å². The van der Waals surface area contributed by atoms with E-state index in [1.807, 2.05) is 30.5 Å². The Morgan fingerprint density at radius 1 is 1.38 bits per heavy atom. The zero-order chi connectivity index (χ0) is 9.68. The first-order chi connectivity index (χ1) is 6.26. The maximum absolute atomic E-state index is 10.9. The number of carbonyl (C=O) groups is 1.